The molecule has 7 heteroatoms. The molecule has 1 aromatic carbocycles. The van der Waals surface area contributed by atoms with Gasteiger partial charge in [0, 0.05) is 24.0 Å². The van der Waals surface area contributed by atoms with E-state index in [1.807, 2.05) is 6.07 Å². The molecule has 1 aliphatic rings. The summed E-state index contributed by atoms with van der Waals surface area (Å²) in [6.45, 7) is 1.10. The molecular weight excluding hydrogens is 342 g/mol. The van der Waals surface area contributed by atoms with Gasteiger partial charge < -0.3 is 16.2 Å². The summed E-state index contributed by atoms with van der Waals surface area (Å²) in [4.78, 5) is 15.7. The zero-order valence-electron chi connectivity index (χ0n) is 15.1. The van der Waals surface area contributed by atoms with Crippen molar-refractivity contribution < 1.29 is 9.90 Å². The highest BCUT2D eigenvalue weighted by Crippen LogP contribution is 2.27. The molecule has 0 spiro atoms. The van der Waals surface area contributed by atoms with Gasteiger partial charge in [-0.15, -0.1) is 0 Å². The quantitative estimate of drug-likeness (QED) is 0.643. The normalized spacial score (nSPS) is 17.3. The summed E-state index contributed by atoms with van der Waals surface area (Å²) in [6.07, 6.45) is 10.6. The molecule has 140 valence electrons. The first-order chi connectivity index (χ1) is 13.1. The van der Waals surface area contributed by atoms with Gasteiger partial charge in [-0.3, -0.25) is 4.79 Å². The number of phenols is 1. The molecule has 0 aliphatic carbocycles. The highest BCUT2D eigenvalue weighted by molar-refractivity contribution is 5.98. The lowest BCUT2D eigenvalue weighted by Gasteiger charge is -2.23. The second-order valence-electron chi connectivity index (χ2n) is 7.11. The fraction of sp³-hybridized carbons (Fsp3) is 0.350. The fourth-order valence-electron chi connectivity index (χ4n) is 3.69. The maximum absolute atomic E-state index is 11.4. The number of amides is 1. The summed E-state index contributed by atoms with van der Waals surface area (Å²) in [5.74, 6) is -0.321. The number of fused-ring (bicyclic) bond motifs is 1. The Morgan fingerprint density at radius 1 is 1.26 bits per heavy atom. The Balaban J connectivity index is 1.58. The lowest BCUT2D eigenvalue weighted by molar-refractivity contribution is 0.100. The predicted molar refractivity (Wildman–Crippen MR) is 103 cm³/mol. The minimum atomic E-state index is -0.554. The molecule has 0 saturated carbocycles. The minimum absolute atomic E-state index is 0.234. The molecule has 4 rings (SSSR count). The number of benzene rings is 1. The van der Waals surface area contributed by atoms with Crippen LogP contribution >= 0.6 is 0 Å². The molecule has 0 bridgehead atoms. The second-order valence-corrected chi connectivity index (χ2v) is 7.11. The molecule has 1 fully saturated rings. The number of aromatic nitrogens is 3. The topological polar surface area (TPSA) is 106 Å². The molecule has 2 aromatic heterocycles. The van der Waals surface area contributed by atoms with Gasteiger partial charge in [-0.05, 0) is 55.5 Å². The zero-order chi connectivity index (χ0) is 18.8. The van der Waals surface area contributed by atoms with Crippen molar-refractivity contribution in [2.75, 3.05) is 6.54 Å². The average molecular weight is 365 g/mol. The number of primary amides is 1. The van der Waals surface area contributed by atoms with E-state index in [4.69, 9.17) is 5.73 Å². The highest BCUT2D eigenvalue weighted by Gasteiger charge is 2.14. The first-order valence-electron chi connectivity index (χ1n) is 9.30. The number of piperidine rings is 1. The number of aromatic hydroxyl groups is 1. The van der Waals surface area contributed by atoms with Gasteiger partial charge in [-0.25, -0.2) is 9.50 Å². The summed E-state index contributed by atoms with van der Waals surface area (Å²) in [6, 6.07) is 6.16. The van der Waals surface area contributed by atoms with E-state index in [0.29, 0.717) is 11.7 Å². The van der Waals surface area contributed by atoms with Gasteiger partial charge in [-0.2, -0.15) is 5.10 Å². The number of hydrogen-bond donors (Lipinski definition) is 3. The molecule has 1 atom stereocenters. The van der Waals surface area contributed by atoms with Crippen molar-refractivity contribution >= 4 is 11.6 Å². The van der Waals surface area contributed by atoms with E-state index >= 15 is 0 Å². The van der Waals surface area contributed by atoms with Crippen LogP contribution in [0.5, 0.6) is 5.75 Å². The Labute approximate surface area is 157 Å². The Bertz CT molecular complexity index is 976. The van der Waals surface area contributed by atoms with E-state index in [9.17, 15) is 9.90 Å². The van der Waals surface area contributed by atoms with E-state index in [0.717, 1.165) is 36.1 Å². The third-order valence-corrected chi connectivity index (χ3v) is 5.13. The second kappa shape index (κ2) is 7.36. The molecule has 1 amide bonds. The van der Waals surface area contributed by atoms with Crippen molar-refractivity contribution in [3.8, 4) is 16.9 Å². The molecule has 7 nitrogen and oxygen atoms in total. The van der Waals surface area contributed by atoms with Gasteiger partial charge >= 0.3 is 0 Å². The van der Waals surface area contributed by atoms with Crippen LogP contribution in [0.3, 0.4) is 0 Å². The van der Waals surface area contributed by atoms with Gasteiger partial charge in [0.25, 0.3) is 5.91 Å². The number of rotatable bonds is 5. The first kappa shape index (κ1) is 17.5. The standard InChI is InChI=1S/C20H23N5O2/c21-19(27)18-11-24-25-12-15(10-23-20(18)25)14-7-13(8-17(26)9-14)4-5-16-3-1-2-6-22-16/h7-12,16,22,26H,1-6H2,(H2,21,27)/t16-/m1/s1. The lowest BCUT2D eigenvalue weighted by Crippen LogP contribution is -2.34. The average Bonchev–Trinajstić information content (AvgIpc) is 3.10. The van der Waals surface area contributed by atoms with Crippen LogP contribution in [-0.4, -0.2) is 38.2 Å². The SMILES string of the molecule is NC(=O)c1cnn2cc(-c3cc(O)cc(CC[C@H]4CCCCN4)c3)cnc12. The minimum Gasteiger partial charge on any atom is -0.508 e. The van der Waals surface area contributed by atoms with Gasteiger partial charge in [0.15, 0.2) is 5.65 Å². The summed E-state index contributed by atoms with van der Waals surface area (Å²) in [5.41, 5.74) is 8.83. The van der Waals surface area contributed by atoms with E-state index in [1.54, 1.807) is 18.5 Å². The van der Waals surface area contributed by atoms with Crippen LogP contribution in [0.15, 0.2) is 36.8 Å². The fourth-order valence-corrected chi connectivity index (χ4v) is 3.69. The van der Waals surface area contributed by atoms with E-state index in [-0.39, 0.29) is 11.3 Å². The Hall–Kier alpha value is -2.93. The monoisotopic (exact) mass is 365 g/mol. The third kappa shape index (κ3) is 3.78. The van der Waals surface area contributed by atoms with Crippen LogP contribution < -0.4 is 11.1 Å². The van der Waals surface area contributed by atoms with Crippen molar-refractivity contribution in [2.24, 2.45) is 5.73 Å². The number of carbonyl (C=O) groups is 1. The van der Waals surface area contributed by atoms with E-state index in [1.165, 1.54) is 30.0 Å². The Kier molecular flexibility index (Phi) is 4.77. The zero-order valence-corrected chi connectivity index (χ0v) is 15.1. The molecule has 1 saturated heterocycles. The summed E-state index contributed by atoms with van der Waals surface area (Å²) < 4.78 is 1.53. The Morgan fingerprint density at radius 3 is 2.93 bits per heavy atom. The van der Waals surface area contributed by atoms with Gasteiger partial charge in [0.1, 0.15) is 11.3 Å². The van der Waals surface area contributed by atoms with Crippen LogP contribution in [0.4, 0.5) is 0 Å². The molecule has 3 aromatic rings. The lowest BCUT2D eigenvalue weighted by atomic mass is 9.96. The number of hydrogen-bond acceptors (Lipinski definition) is 5. The van der Waals surface area contributed by atoms with Crippen LogP contribution in [0.2, 0.25) is 0 Å². The van der Waals surface area contributed by atoms with Crippen molar-refractivity contribution in [3.05, 3.63) is 47.9 Å². The predicted octanol–water partition coefficient (Wildman–Crippen LogP) is 2.28. The molecule has 1 aliphatic heterocycles. The molecule has 0 radical (unpaired) electrons. The number of nitrogens with zero attached hydrogens (tertiary/aromatic N) is 3. The van der Waals surface area contributed by atoms with Crippen molar-refractivity contribution in [1.82, 2.24) is 19.9 Å². The van der Waals surface area contributed by atoms with Crippen molar-refractivity contribution in [1.29, 1.82) is 0 Å². The summed E-state index contributed by atoms with van der Waals surface area (Å²) in [5, 5.41) is 17.9. The van der Waals surface area contributed by atoms with E-state index in [2.05, 4.69) is 21.5 Å². The van der Waals surface area contributed by atoms with E-state index < -0.39 is 5.91 Å². The Morgan fingerprint density at radius 2 is 2.15 bits per heavy atom. The molecule has 4 N–H and O–H groups in total. The molecule has 0 unspecified atom stereocenters. The van der Waals surface area contributed by atoms with Crippen LogP contribution in [0.1, 0.15) is 41.6 Å². The van der Waals surface area contributed by atoms with Crippen LogP contribution in [0, 0.1) is 0 Å². The van der Waals surface area contributed by atoms with Gasteiger partial charge in [0.2, 0.25) is 0 Å². The molecule has 27 heavy (non-hydrogen) atoms. The van der Waals surface area contributed by atoms with Crippen LogP contribution in [-0.2, 0) is 6.42 Å². The van der Waals surface area contributed by atoms with Gasteiger partial charge in [0.05, 0.1) is 6.20 Å². The number of aryl methyl sites for hydroxylation is 1. The number of carbonyl (C=O) groups excluding carboxylic acids is 1. The molecule has 3 heterocycles. The highest BCUT2D eigenvalue weighted by atomic mass is 16.3. The number of nitrogens with two attached hydrogens (primary N) is 1. The van der Waals surface area contributed by atoms with Crippen molar-refractivity contribution in [3.63, 3.8) is 0 Å². The molecular formula is C20H23N5O2. The maximum Gasteiger partial charge on any atom is 0.254 e. The number of phenolic OH excluding ortho intramolecular Hbond substituents is 1. The first-order valence-corrected chi connectivity index (χ1v) is 9.30. The number of nitrogens with one attached hydrogen (secondary N) is 1. The van der Waals surface area contributed by atoms with Gasteiger partial charge in [-0.1, -0.05) is 12.5 Å². The van der Waals surface area contributed by atoms with Crippen LogP contribution in [0.25, 0.3) is 16.8 Å². The smallest absolute Gasteiger partial charge is 0.254 e. The summed E-state index contributed by atoms with van der Waals surface area (Å²) in [7, 11) is 0. The van der Waals surface area contributed by atoms with Crippen molar-refractivity contribution in [2.45, 2.75) is 38.1 Å². The largest absolute Gasteiger partial charge is 0.508 e. The third-order valence-electron chi connectivity index (χ3n) is 5.13. The maximum atomic E-state index is 11.4. The summed E-state index contributed by atoms with van der Waals surface area (Å²) >= 11 is 0.